The minimum absolute atomic E-state index is 0.113. The topological polar surface area (TPSA) is 21.3 Å². The molecule has 0 fully saturated rings. The molecule has 0 aliphatic heterocycles. The van der Waals surface area contributed by atoms with Gasteiger partial charge in [-0.25, -0.2) is 4.39 Å². The summed E-state index contributed by atoms with van der Waals surface area (Å²) in [6.45, 7) is 4.13. The average Bonchev–Trinajstić information content (AvgIpc) is 2.50. The van der Waals surface area contributed by atoms with Crippen molar-refractivity contribution in [3.05, 3.63) is 59.4 Å². The molecule has 1 atom stereocenters. The van der Waals surface area contributed by atoms with Gasteiger partial charge in [-0.2, -0.15) is 0 Å². The number of hydrogen-bond acceptors (Lipinski definition) is 2. The quantitative estimate of drug-likeness (QED) is 0.820. The molecule has 1 N–H and O–H groups in total. The summed E-state index contributed by atoms with van der Waals surface area (Å²) in [5, 5.41) is 3.09. The largest absolute Gasteiger partial charge is 0.454 e. The summed E-state index contributed by atoms with van der Waals surface area (Å²) in [4.78, 5) is 0. The van der Waals surface area contributed by atoms with Gasteiger partial charge in [-0.3, -0.25) is 0 Å². The van der Waals surface area contributed by atoms with E-state index in [9.17, 15) is 4.39 Å². The smallest absolute Gasteiger partial charge is 0.166 e. The molecule has 0 radical (unpaired) electrons. The number of ether oxygens (including phenoxy) is 1. The first-order valence-electron chi connectivity index (χ1n) is 7.37. The van der Waals surface area contributed by atoms with E-state index in [0.29, 0.717) is 5.75 Å². The predicted octanol–water partition coefficient (Wildman–Crippen LogP) is 4.85. The molecule has 0 amide bonds. The molecule has 1 unspecified atom stereocenters. The third-order valence-corrected chi connectivity index (χ3v) is 3.58. The fourth-order valence-electron chi connectivity index (χ4n) is 2.18. The molecule has 0 aromatic heterocycles. The summed E-state index contributed by atoms with van der Waals surface area (Å²) < 4.78 is 19.7. The molecule has 0 saturated heterocycles. The monoisotopic (exact) mass is 287 g/mol. The van der Waals surface area contributed by atoms with Gasteiger partial charge < -0.3 is 10.1 Å². The van der Waals surface area contributed by atoms with E-state index < -0.39 is 0 Å². The molecule has 0 saturated carbocycles. The van der Waals surface area contributed by atoms with Crippen LogP contribution < -0.4 is 10.1 Å². The van der Waals surface area contributed by atoms with Crippen LogP contribution in [0.2, 0.25) is 0 Å². The number of nitrogens with one attached hydrogen (secondary N) is 1. The Morgan fingerprint density at radius 2 is 1.86 bits per heavy atom. The minimum atomic E-state index is -0.341. The molecule has 0 aliphatic carbocycles. The van der Waals surface area contributed by atoms with E-state index in [1.165, 1.54) is 11.6 Å². The first-order valence-corrected chi connectivity index (χ1v) is 7.37. The van der Waals surface area contributed by atoms with Gasteiger partial charge in [0.25, 0.3) is 0 Å². The molecule has 2 aromatic carbocycles. The molecule has 3 heteroatoms. The van der Waals surface area contributed by atoms with E-state index in [4.69, 9.17) is 4.74 Å². The highest BCUT2D eigenvalue weighted by Gasteiger charge is 2.09. The normalized spacial score (nSPS) is 12.2. The maximum absolute atomic E-state index is 14.1. The second-order valence-corrected chi connectivity index (χ2v) is 5.20. The van der Waals surface area contributed by atoms with Gasteiger partial charge in [0.15, 0.2) is 11.6 Å². The lowest BCUT2D eigenvalue weighted by Gasteiger charge is -2.13. The number of benzene rings is 2. The number of aryl methyl sites for hydroxylation is 1. The van der Waals surface area contributed by atoms with Crippen molar-refractivity contribution in [1.82, 2.24) is 5.32 Å². The first-order chi connectivity index (χ1) is 10.1. The van der Waals surface area contributed by atoms with Gasteiger partial charge in [0.1, 0.15) is 5.75 Å². The van der Waals surface area contributed by atoms with E-state index in [0.717, 1.165) is 18.4 Å². The van der Waals surface area contributed by atoms with Gasteiger partial charge in [-0.1, -0.05) is 31.5 Å². The Balaban J connectivity index is 2.12. The zero-order valence-corrected chi connectivity index (χ0v) is 12.8. The summed E-state index contributed by atoms with van der Waals surface area (Å²) in [6.07, 6.45) is 2.16. The Bertz CT molecular complexity index is 580. The summed E-state index contributed by atoms with van der Waals surface area (Å²) in [7, 11) is 1.85. The first kappa shape index (κ1) is 15.5. The molecular formula is C18H22FNO. The van der Waals surface area contributed by atoms with Crippen LogP contribution in [0.1, 0.15) is 37.4 Å². The molecule has 21 heavy (non-hydrogen) atoms. The van der Waals surface area contributed by atoms with Gasteiger partial charge in [0.05, 0.1) is 0 Å². The van der Waals surface area contributed by atoms with Gasteiger partial charge in [-0.05, 0) is 55.8 Å². The summed E-state index contributed by atoms with van der Waals surface area (Å²) in [5.41, 5.74) is 2.17. The second kappa shape index (κ2) is 7.23. The molecule has 2 rings (SSSR count). The zero-order valence-electron chi connectivity index (χ0n) is 12.8. The molecule has 0 bridgehead atoms. The van der Waals surface area contributed by atoms with Crippen molar-refractivity contribution in [2.75, 3.05) is 7.05 Å². The Hall–Kier alpha value is -1.87. The lowest BCUT2D eigenvalue weighted by atomic mass is 10.1. The van der Waals surface area contributed by atoms with Crippen molar-refractivity contribution in [2.45, 2.75) is 32.7 Å². The van der Waals surface area contributed by atoms with Crippen molar-refractivity contribution in [3.63, 3.8) is 0 Å². The molecule has 0 spiro atoms. The fourth-order valence-corrected chi connectivity index (χ4v) is 2.18. The number of halogens is 1. The highest BCUT2D eigenvalue weighted by atomic mass is 19.1. The Kier molecular flexibility index (Phi) is 5.34. The van der Waals surface area contributed by atoms with E-state index in [1.807, 2.05) is 44.3 Å². The third kappa shape index (κ3) is 4.05. The molecule has 2 aromatic rings. The summed E-state index contributed by atoms with van der Waals surface area (Å²) >= 11 is 0. The van der Waals surface area contributed by atoms with Crippen LogP contribution in [0.25, 0.3) is 0 Å². The lowest BCUT2D eigenvalue weighted by Crippen LogP contribution is -2.12. The third-order valence-electron chi connectivity index (χ3n) is 3.58. The fraction of sp³-hybridized carbons (Fsp3) is 0.333. The Labute approximate surface area is 126 Å². The molecule has 0 aliphatic rings. The van der Waals surface area contributed by atoms with E-state index in [-0.39, 0.29) is 17.6 Å². The van der Waals surface area contributed by atoms with Crippen molar-refractivity contribution in [1.29, 1.82) is 0 Å². The van der Waals surface area contributed by atoms with Gasteiger partial charge in [0, 0.05) is 6.04 Å². The number of rotatable bonds is 6. The predicted molar refractivity (Wildman–Crippen MR) is 84.4 cm³/mol. The number of hydrogen-bond donors (Lipinski definition) is 1. The van der Waals surface area contributed by atoms with Crippen LogP contribution in [0, 0.1) is 5.82 Å². The maximum atomic E-state index is 14.1. The van der Waals surface area contributed by atoms with Crippen LogP contribution in [0.3, 0.4) is 0 Å². The lowest BCUT2D eigenvalue weighted by molar-refractivity contribution is 0.440. The van der Waals surface area contributed by atoms with Crippen LogP contribution in [-0.2, 0) is 6.42 Å². The maximum Gasteiger partial charge on any atom is 0.166 e. The summed E-state index contributed by atoms with van der Waals surface area (Å²) in [6, 6.07) is 13.0. The van der Waals surface area contributed by atoms with Crippen LogP contribution in [-0.4, -0.2) is 7.05 Å². The minimum Gasteiger partial charge on any atom is -0.454 e. The van der Waals surface area contributed by atoms with E-state index in [2.05, 4.69) is 12.2 Å². The van der Waals surface area contributed by atoms with Crippen molar-refractivity contribution in [3.8, 4) is 11.5 Å². The second-order valence-electron chi connectivity index (χ2n) is 5.20. The Morgan fingerprint density at radius 1 is 1.14 bits per heavy atom. The van der Waals surface area contributed by atoms with Crippen LogP contribution >= 0.6 is 0 Å². The molecule has 0 heterocycles. The van der Waals surface area contributed by atoms with E-state index >= 15 is 0 Å². The molecule has 2 nitrogen and oxygen atoms in total. The van der Waals surface area contributed by atoms with E-state index in [1.54, 1.807) is 6.07 Å². The highest BCUT2D eigenvalue weighted by Crippen LogP contribution is 2.27. The highest BCUT2D eigenvalue weighted by molar-refractivity contribution is 5.36. The van der Waals surface area contributed by atoms with Crippen LogP contribution in [0.4, 0.5) is 4.39 Å². The van der Waals surface area contributed by atoms with Gasteiger partial charge in [-0.15, -0.1) is 0 Å². The van der Waals surface area contributed by atoms with Crippen molar-refractivity contribution in [2.24, 2.45) is 0 Å². The SMILES string of the molecule is CCCc1ccc(Oc2ccc(C(C)NC)cc2F)cc1. The average molecular weight is 287 g/mol. The standard InChI is InChI=1S/C18H22FNO/c1-4-5-14-6-9-16(10-7-14)21-18-11-8-15(12-17(18)19)13(2)20-3/h6-13,20H,4-5H2,1-3H3. The summed E-state index contributed by atoms with van der Waals surface area (Å²) in [5.74, 6) is 0.570. The van der Waals surface area contributed by atoms with Gasteiger partial charge in [0.2, 0.25) is 0 Å². The van der Waals surface area contributed by atoms with Crippen molar-refractivity contribution < 1.29 is 9.13 Å². The molecular weight excluding hydrogens is 265 g/mol. The van der Waals surface area contributed by atoms with Crippen LogP contribution in [0.15, 0.2) is 42.5 Å². The van der Waals surface area contributed by atoms with Crippen molar-refractivity contribution >= 4 is 0 Å². The van der Waals surface area contributed by atoms with Crippen LogP contribution in [0.5, 0.6) is 11.5 Å². The zero-order chi connectivity index (χ0) is 15.2. The Morgan fingerprint density at radius 3 is 2.43 bits per heavy atom. The molecule has 112 valence electrons. The van der Waals surface area contributed by atoms with Gasteiger partial charge >= 0.3 is 0 Å².